The number of H-pyrrole nitrogens is 1. The number of pyridine rings is 1. The van der Waals surface area contributed by atoms with E-state index >= 15 is 0 Å². The van der Waals surface area contributed by atoms with Crippen LogP contribution in [-0.2, 0) is 6.54 Å². The highest BCUT2D eigenvalue weighted by atomic mass is 19.1. The largest absolute Gasteiger partial charge is 0.357 e. The fourth-order valence-corrected chi connectivity index (χ4v) is 3.59. The number of likely N-dealkylation sites (tertiary alicyclic amines) is 1. The van der Waals surface area contributed by atoms with Gasteiger partial charge in [0.05, 0.1) is 0 Å². The van der Waals surface area contributed by atoms with Crippen molar-refractivity contribution in [1.29, 1.82) is 0 Å². The standard InChI is InChI=1S/C18H24FN3O/c1-3-22(4-2)15-7-8-21(12-15)11-14-10-18(23)16-9-13(19)5-6-17(16)20-14/h5-6,9-10,15H,3-4,7-8,11-12H2,1-2H3,(H,20,23)/t15-/m1/s1. The topological polar surface area (TPSA) is 39.3 Å². The first-order valence-electron chi connectivity index (χ1n) is 8.38. The molecule has 0 bridgehead atoms. The third-order valence-electron chi connectivity index (χ3n) is 4.82. The van der Waals surface area contributed by atoms with E-state index in [2.05, 4.69) is 28.6 Å². The Hall–Kier alpha value is -1.72. The highest BCUT2D eigenvalue weighted by Gasteiger charge is 2.26. The number of benzene rings is 1. The molecule has 3 rings (SSSR count). The summed E-state index contributed by atoms with van der Waals surface area (Å²) in [5.74, 6) is -0.377. The van der Waals surface area contributed by atoms with E-state index in [4.69, 9.17) is 0 Å². The molecule has 0 radical (unpaired) electrons. The van der Waals surface area contributed by atoms with Gasteiger partial charge in [-0.1, -0.05) is 13.8 Å². The highest BCUT2D eigenvalue weighted by Crippen LogP contribution is 2.18. The summed E-state index contributed by atoms with van der Waals surface area (Å²) in [5.41, 5.74) is 1.48. The summed E-state index contributed by atoms with van der Waals surface area (Å²) in [7, 11) is 0. The minimum Gasteiger partial charge on any atom is -0.357 e. The van der Waals surface area contributed by atoms with E-state index < -0.39 is 0 Å². The maximum Gasteiger partial charge on any atom is 0.189 e. The van der Waals surface area contributed by atoms with Gasteiger partial charge in [-0.15, -0.1) is 0 Å². The molecule has 23 heavy (non-hydrogen) atoms. The van der Waals surface area contributed by atoms with Crippen LogP contribution in [0.2, 0.25) is 0 Å². The van der Waals surface area contributed by atoms with Crippen molar-refractivity contribution < 1.29 is 4.39 Å². The van der Waals surface area contributed by atoms with Crippen LogP contribution < -0.4 is 5.43 Å². The van der Waals surface area contributed by atoms with Gasteiger partial charge in [0.2, 0.25) is 0 Å². The number of hydrogen-bond acceptors (Lipinski definition) is 3. The van der Waals surface area contributed by atoms with Gasteiger partial charge in [0.15, 0.2) is 5.43 Å². The van der Waals surface area contributed by atoms with Gasteiger partial charge in [0, 0.05) is 48.3 Å². The smallest absolute Gasteiger partial charge is 0.189 e. The van der Waals surface area contributed by atoms with Crippen LogP contribution in [0.15, 0.2) is 29.1 Å². The van der Waals surface area contributed by atoms with Crippen LogP contribution in [0.4, 0.5) is 4.39 Å². The molecule has 2 aromatic rings. The Morgan fingerprint density at radius 2 is 2.09 bits per heavy atom. The van der Waals surface area contributed by atoms with E-state index in [0.717, 1.165) is 38.4 Å². The summed E-state index contributed by atoms with van der Waals surface area (Å²) in [6.07, 6.45) is 1.17. The van der Waals surface area contributed by atoms with Crippen molar-refractivity contribution in [1.82, 2.24) is 14.8 Å². The Bertz CT molecular complexity index is 739. The van der Waals surface area contributed by atoms with Gasteiger partial charge in [-0.3, -0.25) is 14.6 Å². The third kappa shape index (κ3) is 3.46. The molecular formula is C18H24FN3O. The quantitative estimate of drug-likeness (QED) is 0.921. The monoisotopic (exact) mass is 317 g/mol. The highest BCUT2D eigenvalue weighted by molar-refractivity contribution is 5.78. The second kappa shape index (κ2) is 6.81. The lowest BCUT2D eigenvalue weighted by atomic mass is 10.2. The summed E-state index contributed by atoms with van der Waals surface area (Å²) >= 11 is 0. The predicted molar refractivity (Wildman–Crippen MR) is 91.1 cm³/mol. The van der Waals surface area contributed by atoms with Crippen LogP contribution in [0.3, 0.4) is 0 Å². The van der Waals surface area contributed by atoms with Gasteiger partial charge in [-0.2, -0.15) is 0 Å². The van der Waals surface area contributed by atoms with E-state index in [1.165, 1.54) is 18.6 Å². The summed E-state index contributed by atoms with van der Waals surface area (Å²) in [6.45, 7) is 9.37. The lowest BCUT2D eigenvalue weighted by Gasteiger charge is -2.26. The number of aromatic amines is 1. The van der Waals surface area contributed by atoms with Gasteiger partial charge in [0.1, 0.15) is 5.82 Å². The number of halogens is 1. The molecule has 0 saturated carbocycles. The molecule has 1 aromatic carbocycles. The number of likely N-dealkylation sites (N-methyl/N-ethyl adjacent to an activating group) is 1. The van der Waals surface area contributed by atoms with Gasteiger partial charge >= 0.3 is 0 Å². The minimum atomic E-state index is -0.377. The van der Waals surface area contributed by atoms with Gasteiger partial charge in [-0.25, -0.2) is 4.39 Å². The minimum absolute atomic E-state index is 0.118. The van der Waals surface area contributed by atoms with Crippen LogP contribution in [0.25, 0.3) is 10.9 Å². The first-order valence-corrected chi connectivity index (χ1v) is 8.38. The van der Waals surface area contributed by atoms with Crippen molar-refractivity contribution in [3.05, 3.63) is 46.0 Å². The van der Waals surface area contributed by atoms with Crippen molar-refractivity contribution in [3.63, 3.8) is 0 Å². The number of fused-ring (bicyclic) bond motifs is 1. The summed E-state index contributed by atoms with van der Waals surface area (Å²) in [5, 5.41) is 0.413. The molecule has 1 atom stereocenters. The van der Waals surface area contributed by atoms with Crippen molar-refractivity contribution in [2.24, 2.45) is 0 Å². The molecule has 2 heterocycles. The molecule has 1 aliphatic heterocycles. The van der Waals surface area contributed by atoms with Crippen LogP contribution in [-0.4, -0.2) is 47.0 Å². The summed E-state index contributed by atoms with van der Waals surface area (Å²) in [6, 6.07) is 6.52. The predicted octanol–water partition coefficient (Wildman–Crippen LogP) is 2.58. The normalized spacial score (nSPS) is 19.0. The van der Waals surface area contributed by atoms with Crippen LogP contribution in [0.1, 0.15) is 26.0 Å². The first kappa shape index (κ1) is 16.1. The SMILES string of the molecule is CCN(CC)[C@@H]1CCN(Cc2cc(=O)c3cc(F)ccc3[nH]2)C1. The number of aromatic nitrogens is 1. The van der Waals surface area contributed by atoms with Gasteiger partial charge < -0.3 is 4.98 Å². The molecular weight excluding hydrogens is 293 g/mol. The molecule has 1 fully saturated rings. The fraction of sp³-hybridized carbons (Fsp3) is 0.500. The zero-order valence-electron chi connectivity index (χ0n) is 13.8. The van der Waals surface area contributed by atoms with E-state index in [1.807, 2.05) is 0 Å². The zero-order chi connectivity index (χ0) is 16.4. The van der Waals surface area contributed by atoms with Crippen molar-refractivity contribution in [2.45, 2.75) is 32.9 Å². The van der Waals surface area contributed by atoms with Crippen LogP contribution >= 0.6 is 0 Å². The van der Waals surface area contributed by atoms with E-state index in [0.29, 0.717) is 16.9 Å². The molecule has 5 heteroatoms. The first-order chi connectivity index (χ1) is 11.1. The molecule has 0 amide bonds. The molecule has 1 saturated heterocycles. The van der Waals surface area contributed by atoms with Gasteiger partial charge in [0.25, 0.3) is 0 Å². The maximum absolute atomic E-state index is 13.3. The number of nitrogens with zero attached hydrogens (tertiary/aromatic N) is 2. The Balaban J connectivity index is 1.75. The Labute approximate surface area is 135 Å². The number of rotatable bonds is 5. The van der Waals surface area contributed by atoms with Crippen LogP contribution in [0, 0.1) is 5.82 Å². The third-order valence-corrected chi connectivity index (χ3v) is 4.82. The summed E-state index contributed by atoms with van der Waals surface area (Å²) in [4.78, 5) is 20.3. The van der Waals surface area contributed by atoms with E-state index in [-0.39, 0.29) is 11.2 Å². The Kier molecular flexibility index (Phi) is 4.78. The molecule has 1 aromatic heterocycles. The Morgan fingerprint density at radius 3 is 2.83 bits per heavy atom. The second-order valence-corrected chi connectivity index (χ2v) is 6.25. The van der Waals surface area contributed by atoms with Crippen molar-refractivity contribution in [3.8, 4) is 0 Å². The molecule has 0 spiro atoms. The van der Waals surface area contributed by atoms with Crippen LogP contribution in [0.5, 0.6) is 0 Å². The lowest BCUT2D eigenvalue weighted by Crippen LogP contribution is -2.37. The fourth-order valence-electron chi connectivity index (χ4n) is 3.59. The lowest BCUT2D eigenvalue weighted by molar-refractivity contribution is 0.208. The van der Waals surface area contributed by atoms with E-state index in [9.17, 15) is 9.18 Å². The second-order valence-electron chi connectivity index (χ2n) is 6.25. The zero-order valence-corrected chi connectivity index (χ0v) is 13.8. The average molecular weight is 317 g/mol. The number of hydrogen-bond donors (Lipinski definition) is 1. The molecule has 0 aliphatic carbocycles. The van der Waals surface area contributed by atoms with Gasteiger partial charge in [-0.05, 0) is 37.7 Å². The Morgan fingerprint density at radius 1 is 1.30 bits per heavy atom. The average Bonchev–Trinajstić information content (AvgIpc) is 2.98. The van der Waals surface area contributed by atoms with Crippen molar-refractivity contribution >= 4 is 10.9 Å². The molecule has 1 aliphatic rings. The maximum atomic E-state index is 13.3. The molecule has 124 valence electrons. The number of nitrogens with one attached hydrogen (secondary N) is 1. The molecule has 1 N–H and O–H groups in total. The van der Waals surface area contributed by atoms with E-state index in [1.54, 1.807) is 12.1 Å². The summed E-state index contributed by atoms with van der Waals surface area (Å²) < 4.78 is 13.3. The molecule has 4 nitrogen and oxygen atoms in total. The van der Waals surface area contributed by atoms with Crippen molar-refractivity contribution in [2.75, 3.05) is 26.2 Å². The molecule has 0 unspecified atom stereocenters.